The van der Waals surface area contributed by atoms with Crippen LogP contribution in [0.4, 0.5) is 0 Å². The van der Waals surface area contributed by atoms with E-state index in [2.05, 4.69) is 15.3 Å². The fourth-order valence-electron chi connectivity index (χ4n) is 1.92. The zero-order valence-corrected chi connectivity index (χ0v) is 9.23. The first kappa shape index (κ1) is 10.5. The first-order valence-corrected chi connectivity index (χ1v) is 5.38. The number of aromatic nitrogens is 2. The maximum absolute atomic E-state index is 5.72. The van der Waals surface area contributed by atoms with Crippen molar-refractivity contribution in [3.63, 3.8) is 0 Å². The van der Waals surface area contributed by atoms with Crippen LogP contribution in [0.25, 0.3) is 0 Å². The van der Waals surface area contributed by atoms with Crippen LogP contribution in [0.2, 0.25) is 0 Å². The molecular weight excluding hydrogens is 190 g/mol. The lowest BCUT2D eigenvalue weighted by Crippen LogP contribution is -2.33. The third-order valence-corrected chi connectivity index (χ3v) is 2.82. The highest BCUT2D eigenvalue weighted by atomic mass is 16.5. The maximum atomic E-state index is 5.72. The molecule has 0 amide bonds. The molecule has 0 aromatic carbocycles. The average molecular weight is 207 g/mol. The molecule has 1 aromatic heterocycles. The molecule has 0 spiro atoms. The molecular formula is C11H17N3O. The van der Waals surface area contributed by atoms with Crippen molar-refractivity contribution in [3.05, 3.63) is 23.8 Å². The summed E-state index contributed by atoms with van der Waals surface area (Å²) in [4.78, 5) is 8.49. The molecule has 1 saturated heterocycles. The fraction of sp³-hybridized carbons (Fsp3) is 0.636. The Kier molecular flexibility index (Phi) is 3.28. The van der Waals surface area contributed by atoms with Crippen molar-refractivity contribution in [2.24, 2.45) is 0 Å². The van der Waals surface area contributed by atoms with Crippen molar-refractivity contribution in [1.29, 1.82) is 0 Å². The fourth-order valence-corrected chi connectivity index (χ4v) is 1.92. The maximum Gasteiger partial charge on any atom is 0.125 e. The van der Waals surface area contributed by atoms with Crippen LogP contribution in [-0.4, -0.2) is 29.7 Å². The predicted octanol–water partition coefficient (Wildman–Crippen LogP) is 1.22. The molecule has 2 atom stereocenters. The normalized spacial score (nSPS) is 26.5. The van der Waals surface area contributed by atoms with Crippen molar-refractivity contribution in [1.82, 2.24) is 15.3 Å². The molecule has 15 heavy (non-hydrogen) atoms. The van der Waals surface area contributed by atoms with Crippen molar-refractivity contribution in [3.8, 4) is 0 Å². The van der Waals surface area contributed by atoms with Crippen LogP contribution in [0.1, 0.15) is 30.5 Å². The smallest absolute Gasteiger partial charge is 0.125 e. The van der Waals surface area contributed by atoms with Crippen LogP contribution < -0.4 is 5.32 Å². The summed E-state index contributed by atoms with van der Waals surface area (Å²) in [6.45, 7) is 2.71. The first-order chi connectivity index (χ1) is 7.29. The zero-order chi connectivity index (χ0) is 10.7. The summed E-state index contributed by atoms with van der Waals surface area (Å²) in [5, 5.41) is 3.29. The van der Waals surface area contributed by atoms with Gasteiger partial charge in [0, 0.05) is 18.8 Å². The van der Waals surface area contributed by atoms with E-state index in [1.54, 1.807) is 6.20 Å². The van der Waals surface area contributed by atoms with Crippen LogP contribution in [0.3, 0.4) is 0 Å². The second kappa shape index (κ2) is 4.68. The quantitative estimate of drug-likeness (QED) is 0.792. The minimum Gasteiger partial charge on any atom is -0.372 e. The molecule has 0 aliphatic carbocycles. The molecule has 1 aliphatic rings. The van der Waals surface area contributed by atoms with Crippen molar-refractivity contribution in [2.75, 3.05) is 13.7 Å². The van der Waals surface area contributed by atoms with E-state index in [4.69, 9.17) is 4.74 Å². The molecule has 1 fully saturated rings. The highest BCUT2D eigenvalue weighted by Crippen LogP contribution is 2.26. The zero-order valence-electron chi connectivity index (χ0n) is 9.23. The van der Waals surface area contributed by atoms with Crippen LogP contribution >= 0.6 is 0 Å². The number of hydrogen-bond donors (Lipinski definition) is 1. The molecule has 4 heteroatoms. The lowest BCUT2D eigenvalue weighted by atomic mass is 10.0. The monoisotopic (exact) mass is 207 g/mol. The third kappa shape index (κ3) is 2.52. The van der Waals surface area contributed by atoms with Crippen molar-refractivity contribution < 1.29 is 4.74 Å². The van der Waals surface area contributed by atoms with Gasteiger partial charge in [0.25, 0.3) is 0 Å². The van der Waals surface area contributed by atoms with Crippen LogP contribution in [0.5, 0.6) is 0 Å². The van der Waals surface area contributed by atoms with Gasteiger partial charge in [0.15, 0.2) is 0 Å². The summed E-state index contributed by atoms with van der Waals surface area (Å²) in [6, 6.07) is 2.48. The van der Waals surface area contributed by atoms with Gasteiger partial charge in [-0.1, -0.05) is 0 Å². The van der Waals surface area contributed by atoms with Crippen LogP contribution in [0, 0.1) is 6.92 Å². The lowest BCUT2D eigenvalue weighted by Gasteiger charge is -2.28. The summed E-state index contributed by atoms with van der Waals surface area (Å²) in [7, 11) is 2.00. The van der Waals surface area contributed by atoms with Gasteiger partial charge in [-0.3, -0.25) is 0 Å². The number of aryl methyl sites for hydroxylation is 1. The molecule has 1 aromatic rings. The van der Waals surface area contributed by atoms with Crippen molar-refractivity contribution >= 4 is 0 Å². The van der Waals surface area contributed by atoms with Crippen LogP contribution in [-0.2, 0) is 4.74 Å². The van der Waals surface area contributed by atoms with Gasteiger partial charge in [-0.2, -0.15) is 0 Å². The Bertz CT molecular complexity index is 329. The molecule has 1 aliphatic heterocycles. The molecule has 0 saturated carbocycles. The summed E-state index contributed by atoms with van der Waals surface area (Å²) < 4.78 is 5.72. The topological polar surface area (TPSA) is 47.0 Å². The SMILES string of the molecule is CNC1CCOC(c2ccnc(C)n2)C1. The van der Waals surface area contributed by atoms with E-state index < -0.39 is 0 Å². The molecule has 0 bridgehead atoms. The average Bonchev–Trinajstić information content (AvgIpc) is 2.29. The van der Waals surface area contributed by atoms with Gasteiger partial charge in [-0.15, -0.1) is 0 Å². The highest BCUT2D eigenvalue weighted by Gasteiger charge is 2.23. The molecule has 2 heterocycles. The van der Waals surface area contributed by atoms with Crippen LogP contribution in [0.15, 0.2) is 12.3 Å². The van der Waals surface area contributed by atoms with E-state index in [0.29, 0.717) is 6.04 Å². The number of rotatable bonds is 2. The Balaban J connectivity index is 2.09. The Hall–Kier alpha value is -1.00. The van der Waals surface area contributed by atoms with E-state index in [-0.39, 0.29) is 6.10 Å². The van der Waals surface area contributed by atoms with E-state index in [0.717, 1.165) is 31.0 Å². The van der Waals surface area contributed by atoms with Gasteiger partial charge in [-0.25, -0.2) is 9.97 Å². The van der Waals surface area contributed by atoms with Gasteiger partial charge in [-0.05, 0) is 32.9 Å². The molecule has 2 rings (SSSR count). The largest absolute Gasteiger partial charge is 0.372 e. The van der Waals surface area contributed by atoms with Gasteiger partial charge in [0.05, 0.1) is 5.69 Å². The Labute approximate surface area is 90.1 Å². The number of nitrogens with zero attached hydrogens (tertiary/aromatic N) is 2. The van der Waals surface area contributed by atoms with Gasteiger partial charge in [0.1, 0.15) is 11.9 Å². The number of nitrogens with one attached hydrogen (secondary N) is 1. The molecule has 0 radical (unpaired) electrons. The Morgan fingerprint density at radius 1 is 1.53 bits per heavy atom. The van der Waals surface area contributed by atoms with E-state index in [1.165, 1.54) is 0 Å². The molecule has 2 unspecified atom stereocenters. The number of ether oxygens (including phenoxy) is 1. The second-order valence-electron chi connectivity index (χ2n) is 3.90. The Morgan fingerprint density at radius 3 is 3.13 bits per heavy atom. The van der Waals surface area contributed by atoms with Gasteiger partial charge in [0.2, 0.25) is 0 Å². The molecule has 4 nitrogen and oxygen atoms in total. The lowest BCUT2D eigenvalue weighted by molar-refractivity contribution is -0.00110. The summed E-state index contributed by atoms with van der Waals surface area (Å²) in [6.07, 6.45) is 3.99. The molecule has 82 valence electrons. The predicted molar refractivity (Wildman–Crippen MR) is 57.5 cm³/mol. The number of hydrogen-bond acceptors (Lipinski definition) is 4. The second-order valence-corrected chi connectivity index (χ2v) is 3.90. The minimum atomic E-state index is 0.123. The summed E-state index contributed by atoms with van der Waals surface area (Å²) >= 11 is 0. The van der Waals surface area contributed by atoms with E-state index in [1.807, 2.05) is 20.0 Å². The minimum absolute atomic E-state index is 0.123. The van der Waals surface area contributed by atoms with E-state index >= 15 is 0 Å². The molecule has 1 N–H and O–H groups in total. The van der Waals surface area contributed by atoms with Crippen molar-refractivity contribution in [2.45, 2.75) is 31.9 Å². The first-order valence-electron chi connectivity index (χ1n) is 5.38. The Morgan fingerprint density at radius 2 is 2.40 bits per heavy atom. The highest BCUT2D eigenvalue weighted by molar-refractivity contribution is 5.06. The van der Waals surface area contributed by atoms with Gasteiger partial charge >= 0.3 is 0 Å². The third-order valence-electron chi connectivity index (χ3n) is 2.82. The summed E-state index contributed by atoms with van der Waals surface area (Å²) in [5.41, 5.74) is 1.00. The van der Waals surface area contributed by atoms with Gasteiger partial charge < -0.3 is 10.1 Å². The summed E-state index contributed by atoms with van der Waals surface area (Å²) in [5.74, 6) is 0.808. The standard InChI is InChI=1S/C11H17N3O/c1-8-13-5-3-10(14-8)11-7-9(12-2)4-6-15-11/h3,5,9,11-12H,4,6-7H2,1-2H3. The van der Waals surface area contributed by atoms with E-state index in [9.17, 15) is 0 Å².